The number of nitrogens with one attached hydrogen (secondary N) is 1. The lowest BCUT2D eigenvalue weighted by molar-refractivity contribution is -0.278. The number of hydrogen-bond acceptors (Lipinski definition) is 9. The van der Waals surface area contributed by atoms with Gasteiger partial charge in [0.2, 0.25) is 18.1 Å². The van der Waals surface area contributed by atoms with E-state index in [0.29, 0.717) is 6.42 Å². The molecule has 5 atom stereocenters. The molecule has 1 aromatic carbocycles. The van der Waals surface area contributed by atoms with Crippen molar-refractivity contribution >= 4 is 18.0 Å². The molecule has 0 unspecified atom stereocenters. The zero-order valence-electron chi connectivity index (χ0n) is 20.9. The summed E-state index contributed by atoms with van der Waals surface area (Å²) < 4.78 is 11.3. The molecular weight excluding hydrogens is 484 g/mol. The van der Waals surface area contributed by atoms with Crippen LogP contribution in [0.2, 0.25) is 0 Å². The first kappa shape index (κ1) is 28.3. The number of carbonyl (C=O) groups is 2. The van der Waals surface area contributed by atoms with Crippen LogP contribution in [0, 0.1) is 0 Å². The topological polar surface area (TPSA) is 191 Å². The van der Waals surface area contributed by atoms with Crippen LogP contribution in [0.5, 0.6) is 5.88 Å². The van der Waals surface area contributed by atoms with Crippen LogP contribution in [0.4, 0.5) is 4.79 Å². The highest BCUT2D eigenvalue weighted by atomic mass is 16.7. The normalized spacial score (nSPS) is 23.9. The average Bonchev–Trinajstić information content (AvgIpc) is 3.26. The summed E-state index contributed by atoms with van der Waals surface area (Å²) in [5, 5.41) is 47.0. The smallest absolute Gasteiger partial charge is 0.321 e. The van der Waals surface area contributed by atoms with Gasteiger partial charge in [-0.2, -0.15) is 0 Å². The summed E-state index contributed by atoms with van der Waals surface area (Å²) in [4.78, 5) is 23.8. The molecule has 1 fully saturated rings. The summed E-state index contributed by atoms with van der Waals surface area (Å²) in [5.41, 5.74) is 8.43. The molecule has 1 aliphatic rings. The van der Waals surface area contributed by atoms with Gasteiger partial charge in [-0.05, 0) is 17.0 Å². The molecule has 0 spiro atoms. The van der Waals surface area contributed by atoms with Crippen molar-refractivity contribution < 1.29 is 39.5 Å². The Morgan fingerprint density at radius 1 is 1.19 bits per heavy atom. The molecule has 12 nitrogen and oxygen atoms in total. The maximum Gasteiger partial charge on any atom is 0.321 e. The van der Waals surface area contributed by atoms with E-state index in [1.54, 1.807) is 12.2 Å². The Hall–Kier alpha value is -3.29. The summed E-state index contributed by atoms with van der Waals surface area (Å²) in [7, 11) is 1.32. The fourth-order valence-electron chi connectivity index (χ4n) is 3.89. The summed E-state index contributed by atoms with van der Waals surface area (Å²) in [5.74, 6) is -0.157. The SMILES string of the molecule is CC(C)c1[nH]nc(O[C@@H]2O[C@H](CO)[C@@H](O)[C@H](O)[C@H]2O)c1Cc1ccc(/C=C/CC(=O)N(C)C(N)=O)cc1. The van der Waals surface area contributed by atoms with Crippen molar-refractivity contribution in [3.05, 3.63) is 52.7 Å². The maximum atomic E-state index is 11.8. The maximum absolute atomic E-state index is 11.8. The number of aromatic amines is 1. The average molecular weight is 519 g/mol. The third-order valence-corrected chi connectivity index (χ3v) is 6.18. The molecule has 2 aromatic rings. The van der Waals surface area contributed by atoms with Gasteiger partial charge in [0.1, 0.15) is 24.4 Å². The zero-order chi connectivity index (χ0) is 27.3. The number of nitrogens with zero attached hydrogens (tertiary/aromatic N) is 2. The Labute approximate surface area is 214 Å². The van der Waals surface area contributed by atoms with Gasteiger partial charge in [-0.15, -0.1) is 5.10 Å². The van der Waals surface area contributed by atoms with Crippen molar-refractivity contribution in [2.45, 2.75) is 63.3 Å². The Morgan fingerprint density at radius 2 is 1.86 bits per heavy atom. The fraction of sp³-hybridized carbons (Fsp3) is 0.480. The standard InChI is InChI=1S/C25H34N4O8/c1-13(2)19-16(23(28-27-19)37-24-22(34)21(33)20(32)17(12-30)36-24)11-15-9-7-14(8-10-15)5-4-6-18(31)29(3)25(26)35/h4-5,7-10,13,17,20-22,24,30,32-34H,6,11-12H2,1-3H3,(H2,26,35)(H,27,28)/b5-4+/t17-,20-,21+,22-,24+/m1/s1. The molecule has 2 heterocycles. The molecule has 1 aromatic heterocycles. The minimum atomic E-state index is -1.56. The first-order chi connectivity index (χ1) is 17.5. The number of urea groups is 1. The van der Waals surface area contributed by atoms with E-state index in [9.17, 15) is 30.0 Å². The first-order valence-corrected chi connectivity index (χ1v) is 11.9. The lowest BCUT2D eigenvalue weighted by atomic mass is 9.98. The number of benzene rings is 1. The molecule has 1 aliphatic heterocycles. The minimum absolute atomic E-state index is 0.0343. The van der Waals surface area contributed by atoms with Crippen molar-refractivity contribution in [3.8, 4) is 5.88 Å². The quantitative estimate of drug-likeness (QED) is 0.270. The second kappa shape index (κ2) is 12.3. The number of aliphatic hydroxyl groups is 4. The van der Waals surface area contributed by atoms with Crippen molar-refractivity contribution in [2.75, 3.05) is 13.7 Å². The van der Waals surface area contributed by atoms with Crippen LogP contribution in [-0.2, 0) is 16.0 Å². The number of carbonyl (C=O) groups excluding carboxylic acids is 2. The van der Waals surface area contributed by atoms with Gasteiger partial charge in [0.05, 0.1) is 6.61 Å². The molecule has 37 heavy (non-hydrogen) atoms. The molecule has 0 radical (unpaired) electrons. The van der Waals surface area contributed by atoms with Gasteiger partial charge in [0, 0.05) is 31.1 Å². The largest absolute Gasteiger partial charge is 0.443 e. The van der Waals surface area contributed by atoms with Crippen LogP contribution >= 0.6 is 0 Å². The Bertz CT molecular complexity index is 1100. The number of aromatic nitrogens is 2. The van der Waals surface area contributed by atoms with Crippen LogP contribution in [0.25, 0.3) is 6.08 Å². The summed E-state index contributed by atoms with van der Waals surface area (Å²) in [6.45, 7) is 3.41. The second-order valence-electron chi connectivity index (χ2n) is 9.21. The highest BCUT2D eigenvalue weighted by Gasteiger charge is 2.45. The van der Waals surface area contributed by atoms with Crippen molar-refractivity contribution in [1.82, 2.24) is 15.1 Å². The lowest BCUT2D eigenvalue weighted by Gasteiger charge is -2.39. The molecule has 0 bridgehead atoms. The van der Waals surface area contributed by atoms with E-state index in [0.717, 1.165) is 27.3 Å². The van der Waals surface area contributed by atoms with Crippen molar-refractivity contribution in [1.29, 1.82) is 0 Å². The Kier molecular flexibility index (Phi) is 9.40. The summed E-state index contributed by atoms with van der Waals surface area (Å²) in [6, 6.07) is 6.76. The van der Waals surface area contributed by atoms with Crippen LogP contribution < -0.4 is 10.5 Å². The summed E-state index contributed by atoms with van der Waals surface area (Å²) >= 11 is 0. The predicted molar refractivity (Wildman–Crippen MR) is 132 cm³/mol. The molecule has 1 saturated heterocycles. The van der Waals surface area contributed by atoms with E-state index in [2.05, 4.69) is 10.2 Å². The van der Waals surface area contributed by atoms with E-state index >= 15 is 0 Å². The van der Waals surface area contributed by atoms with E-state index in [4.69, 9.17) is 15.2 Å². The predicted octanol–water partition coefficient (Wildman–Crippen LogP) is 0.243. The number of H-pyrrole nitrogens is 1. The van der Waals surface area contributed by atoms with E-state index in [-0.39, 0.29) is 18.2 Å². The van der Waals surface area contributed by atoms with Crippen LogP contribution in [0.15, 0.2) is 30.3 Å². The van der Waals surface area contributed by atoms with Crippen molar-refractivity contribution in [2.24, 2.45) is 5.73 Å². The van der Waals surface area contributed by atoms with Gasteiger partial charge in [0.15, 0.2) is 0 Å². The molecule has 0 saturated carbocycles. The van der Waals surface area contributed by atoms with Crippen LogP contribution in [-0.4, -0.2) is 91.8 Å². The Morgan fingerprint density at radius 3 is 2.46 bits per heavy atom. The van der Waals surface area contributed by atoms with E-state index < -0.39 is 49.3 Å². The van der Waals surface area contributed by atoms with Gasteiger partial charge in [0.25, 0.3) is 0 Å². The van der Waals surface area contributed by atoms with Crippen LogP contribution in [0.3, 0.4) is 0 Å². The molecule has 3 amide bonds. The minimum Gasteiger partial charge on any atom is -0.443 e. The second-order valence-corrected chi connectivity index (χ2v) is 9.21. The zero-order valence-corrected chi connectivity index (χ0v) is 20.9. The number of aliphatic hydroxyl groups excluding tert-OH is 4. The van der Waals surface area contributed by atoms with Gasteiger partial charge in [-0.1, -0.05) is 50.3 Å². The van der Waals surface area contributed by atoms with Crippen LogP contribution in [0.1, 0.15) is 48.6 Å². The molecule has 202 valence electrons. The Balaban J connectivity index is 1.73. The van der Waals surface area contributed by atoms with Gasteiger partial charge < -0.3 is 35.6 Å². The van der Waals surface area contributed by atoms with E-state index in [1.807, 2.05) is 38.1 Å². The lowest BCUT2D eigenvalue weighted by Crippen LogP contribution is -2.60. The number of ether oxygens (including phenoxy) is 2. The van der Waals surface area contributed by atoms with Gasteiger partial charge >= 0.3 is 6.03 Å². The highest BCUT2D eigenvalue weighted by molar-refractivity contribution is 5.94. The number of nitrogens with two attached hydrogens (primary N) is 1. The monoisotopic (exact) mass is 518 g/mol. The molecular formula is C25H34N4O8. The fourth-order valence-corrected chi connectivity index (χ4v) is 3.89. The number of primary amides is 1. The first-order valence-electron chi connectivity index (χ1n) is 11.9. The van der Waals surface area contributed by atoms with E-state index in [1.165, 1.54) is 7.05 Å². The molecule has 12 heteroatoms. The molecule has 7 N–H and O–H groups in total. The third-order valence-electron chi connectivity index (χ3n) is 6.18. The van der Waals surface area contributed by atoms with Gasteiger partial charge in [-0.3, -0.25) is 14.8 Å². The number of hydrogen-bond donors (Lipinski definition) is 6. The number of rotatable bonds is 9. The van der Waals surface area contributed by atoms with Gasteiger partial charge in [-0.25, -0.2) is 4.79 Å². The van der Waals surface area contributed by atoms with Crippen molar-refractivity contribution in [3.63, 3.8) is 0 Å². The number of imide groups is 1. The molecule has 0 aliphatic carbocycles. The summed E-state index contributed by atoms with van der Waals surface area (Å²) in [6.07, 6.45) is -3.16. The highest BCUT2D eigenvalue weighted by Crippen LogP contribution is 2.31. The molecule has 3 rings (SSSR count). The third kappa shape index (κ3) is 6.73. The number of amides is 3.